The molecule has 108 valence electrons. The van der Waals surface area contributed by atoms with Crippen LogP contribution in [0, 0.1) is 11.2 Å². The number of nitrogens with one attached hydrogen (secondary N) is 1. The number of rotatable bonds is 5. The van der Waals surface area contributed by atoms with Crippen LogP contribution in [0.25, 0.3) is 0 Å². The molecule has 0 aliphatic carbocycles. The van der Waals surface area contributed by atoms with Crippen molar-refractivity contribution >= 4 is 10.0 Å². The van der Waals surface area contributed by atoms with Gasteiger partial charge < -0.3 is 5.73 Å². The third-order valence-electron chi connectivity index (χ3n) is 2.52. The second kappa shape index (κ2) is 5.98. The van der Waals surface area contributed by atoms with Crippen molar-refractivity contribution in [3.05, 3.63) is 30.1 Å². The van der Waals surface area contributed by atoms with Gasteiger partial charge >= 0.3 is 0 Å². The molecule has 6 heteroatoms. The molecule has 0 aliphatic heterocycles. The van der Waals surface area contributed by atoms with Crippen molar-refractivity contribution in [2.24, 2.45) is 11.1 Å². The van der Waals surface area contributed by atoms with Crippen LogP contribution in [0.15, 0.2) is 29.2 Å². The Morgan fingerprint density at radius 1 is 1.37 bits per heavy atom. The van der Waals surface area contributed by atoms with Gasteiger partial charge in [0.2, 0.25) is 10.0 Å². The minimum absolute atomic E-state index is 0.0315. The van der Waals surface area contributed by atoms with Gasteiger partial charge in [0.25, 0.3) is 0 Å². The summed E-state index contributed by atoms with van der Waals surface area (Å²) in [6.07, 6.45) is 0.693. The first-order chi connectivity index (χ1) is 8.60. The number of nitrogens with two attached hydrogens (primary N) is 1. The molecule has 0 saturated heterocycles. The van der Waals surface area contributed by atoms with Gasteiger partial charge in [-0.15, -0.1) is 0 Å². The molecule has 0 spiro atoms. The van der Waals surface area contributed by atoms with Crippen LogP contribution in [0.3, 0.4) is 0 Å². The number of hydrogen-bond acceptors (Lipinski definition) is 3. The monoisotopic (exact) mass is 288 g/mol. The summed E-state index contributed by atoms with van der Waals surface area (Å²) in [5.41, 5.74) is 5.91. The minimum Gasteiger partial charge on any atom is -0.326 e. The lowest BCUT2D eigenvalue weighted by molar-refractivity contribution is 0.338. The van der Waals surface area contributed by atoms with Gasteiger partial charge in [0.1, 0.15) is 5.82 Å². The van der Waals surface area contributed by atoms with E-state index in [1.165, 1.54) is 18.2 Å². The molecule has 0 bridgehead atoms. The molecule has 0 radical (unpaired) electrons. The molecule has 4 nitrogen and oxygen atoms in total. The predicted octanol–water partition coefficient (Wildman–Crippen LogP) is 1.87. The largest absolute Gasteiger partial charge is 0.326 e. The Morgan fingerprint density at radius 3 is 2.53 bits per heavy atom. The average Bonchev–Trinajstić information content (AvgIpc) is 2.24. The first-order valence-corrected chi connectivity index (χ1v) is 7.59. The quantitative estimate of drug-likeness (QED) is 0.868. The summed E-state index contributed by atoms with van der Waals surface area (Å²) >= 11 is 0. The van der Waals surface area contributed by atoms with E-state index < -0.39 is 15.8 Å². The highest BCUT2D eigenvalue weighted by Crippen LogP contribution is 2.19. The Hall–Kier alpha value is -0.980. The van der Waals surface area contributed by atoms with E-state index >= 15 is 0 Å². The molecule has 0 fully saturated rings. The molecule has 3 N–H and O–H groups in total. The number of benzene rings is 1. The highest BCUT2D eigenvalue weighted by atomic mass is 32.2. The molecule has 1 unspecified atom stereocenters. The molecule has 0 aliphatic rings. The number of halogens is 1. The van der Waals surface area contributed by atoms with E-state index in [0.717, 1.165) is 6.07 Å². The second-order valence-electron chi connectivity index (χ2n) is 5.83. The lowest BCUT2D eigenvalue weighted by Gasteiger charge is -2.23. The van der Waals surface area contributed by atoms with Crippen molar-refractivity contribution in [2.75, 3.05) is 6.54 Å². The maximum absolute atomic E-state index is 13.0. The molecular weight excluding hydrogens is 267 g/mol. The summed E-state index contributed by atoms with van der Waals surface area (Å²) in [6.45, 7) is 6.24. The Balaban J connectivity index is 2.66. The average molecular weight is 288 g/mol. The zero-order chi connectivity index (χ0) is 14.7. The van der Waals surface area contributed by atoms with Gasteiger partial charge in [-0.05, 0) is 30.0 Å². The Kier molecular flexibility index (Phi) is 5.06. The molecule has 0 heterocycles. The van der Waals surface area contributed by atoms with E-state index in [1.54, 1.807) is 0 Å². The van der Waals surface area contributed by atoms with E-state index in [9.17, 15) is 12.8 Å². The van der Waals surface area contributed by atoms with E-state index in [0.29, 0.717) is 6.42 Å². The van der Waals surface area contributed by atoms with Crippen molar-refractivity contribution in [1.82, 2.24) is 4.72 Å². The Bertz CT molecular complexity index is 524. The van der Waals surface area contributed by atoms with Crippen molar-refractivity contribution in [1.29, 1.82) is 0 Å². The van der Waals surface area contributed by atoms with Crippen LogP contribution >= 0.6 is 0 Å². The Morgan fingerprint density at radius 2 is 2.00 bits per heavy atom. The van der Waals surface area contributed by atoms with E-state index in [2.05, 4.69) is 4.72 Å². The van der Waals surface area contributed by atoms with Crippen LogP contribution in [0.5, 0.6) is 0 Å². The summed E-state index contributed by atoms with van der Waals surface area (Å²) in [5.74, 6) is -0.582. The molecule has 1 aromatic carbocycles. The van der Waals surface area contributed by atoms with Gasteiger partial charge in [0.15, 0.2) is 0 Å². The summed E-state index contributed by atoms with van der Waals surface area (Å²) in [7, 11) is -3.70. The molecule has 0 amide bonds. The summed E-state index contributed by atoms with van der Waals surface area (Å²) in [4.78, 5) is -0.0875. The lowest BCUT2D eigenvalue weighted by atomic mass is 9.88. The van der Waals surface area contributed by atoms with Gasteiger partial charge in [-0.1, -0.05) is 26.8 Å². The first kappa shape index (κ1) is 16.1. The molecule has 1 aromatic rings. The second-order valence-corrected chi connectivity index (χ2v) is 7.60. The fourth-order valence-corrected chi connectivity index (χ4v) is 2.92. The maximum atomic E-state index is 13.0. The zero-order valence-electron chi connectivity index (χ0n) is 11.5. The van der Waals surface area contributed by atoms with Gasteiger partial charge in [-0.2, -0.15) is 0 Å². The number of hydrogen-bond donors (Lipinski definition) is 2. The van der Waals surface area contributed by atoms with E-state index in [-0.39, 0.29) is 22.9 Å². The summed E-state index contributed by atoms with van der Waals surface area (Å²) in [5, 5.41) is 0. The fourth-order valence-electron chi connectivity index (χ4n) is 1.79. The smallest absolute Gasteiger partial charge is 0.240 e. The third kappa shape index (κ3) is 5.67. The van der Waals surface area contributed by atoms with E-state index in [4.69, 9.17) is 5.73 Å². The van der Waals surface area contributed by atoms with E-state index in [1.807, 2.05) is 20.8 Å². The van der Waals surface area contributed by atoms with Crippen LogP contribution in [0.1, 0.15) is 27.2 Å². The lowest BCUT2D eigenvalue weighted by Crippen LogP contribution is -2.39. The molecule has 0 saturated carbocycles. The van der Waals surface area contributed by atoms with Crippen LogP contribution in [-0.4, -0.2) is 21.0 Å². The highest BCUT2D eigenvalue weighted by molar-refractivity contribution is 7.89. The minimum atomic E-state index is -3.70. The van der Waals surface area contributed by atoms with Crippen molar-refractivity contribution in [2.45, 2.75) is 38.1 Å². The first-order valence-electron chi connectivity index (χ1n) is 6.11. The predicted molar refractivity (Wildman–Crippen MR) is 73.6 cm³/mol. The van der Waals surface area contributed by atoms with Crippen molar-refractivity contribution in [3.8, 4) is 0 Å². The molecule has 1 rings (SSSR count). The summed E-state index contributed by atoms with van der Waals surface area (Å²) < 4.78 is 39.2. The molecular formula is C13H21FN2O2S. The topological polar surface area (TPSA) is 72.2 Å². The van der Waals surface area contributed by atoms with Crippen LogP contribution in [0.4, 0.5) is 4.39 Å². The van der Waals surface area contributed by atoms with Crippen LogP contribution < -0.4 is 10.5 Å². The van der Waals surface area contributed by atoms with Crippen LogP contribution in [0.2, 0.25) is 0 Å². The molecule has 0 aromatic heterocycles. The highest BCUT2D eigenvalue weighted by Gasteiger charge is 2.19. The Labute approximate surface area is 114 Å². The standard InChI is InChI=1S/C13H21FN2O2S/c1-13(2,3)8-11(15)9-16-19(17,18)12-6-4-5-10(14)7-12/h4-7,11,16H,8-9,15H2,1-3H3. The zero-order valence-corrected chi connectivity index (χ0v) is 12.3. The SMILES string of the molecule is CC(C)(C)CC(N)CNS(=O)(=O)c1cccc(F)c1. The summed E-state index contributed by atoms with van der Waals surface area (Å²) in [6, 6.07) is 4.62. The number of sulfonamides is 1. The van der Waals surface area contributed by atoms with Crippen LogP contribution in [-0.2, 0) is 10.0 Å². The van der Waals surface area contributed by atoms with Gasteiger partial charge in [0.05, 0.1) is 4.90 Å². The van der Waals surface area contributed by atoms with Gasteiger partial charge in [0, 0.05) is 12.6 Å². The van der Waals surface area contributed by atoms with Gasteiger partial charge in [-0.25, -0.2) is 17.5 Å². The third-order valence-corrected chi connectivity index (χ3v) is 3.94. The molecule has 19 heavy (non-hydrogen) atoms. The maximum Gasteiger partial charge on any atom is 0.240 e. The fraction of sp³-hybridized carbons (Fsp3) is 0.538. The normalized spacial score (nSPS) is 14.4. The van der Waals surface area contributed by atoms with Crippen molar-refractivity contribution in [3.63, 3.8) is 0 Å². The van der Waals surface area contributed by atoms with Crippen molar-refractivity contribution < 1.29 is 12.8 Å². The van der Waals surface area contributed by atoms with Gasteiger partial charge in [-0.3, -0.25) is 0 Å². The molecule has 1 atom stereocenters.